The molecule has 0 amide bonds. The van der Waals surface area contributed by atoms with Crippen molar-refractivity contribution in [1.82, 2.24) is 0 Å². The molecule has 1 spiro atoms. The Morgan fingerprint density at radius 3 is 1.32 bits per heavy atom. The summed E-state index contributed by atoms with van der Waals surface area (Å²) in [6.45, 7) is 4.44. The van der Waals surface area contributed by atoms with E-state index in [1.807, 2.05) is 71.3 Å². The number of hydrogen-bond acceptors (Lipinski definition) is 6. The van der Waals surface area contributed by atoms with E-state index < -0.39 is 0 Å². The van der Waals surface area contributed by atoms with Gasteiger partial charge in [0.05, 0.1) is 0 Å². The minimum Gasteiger partial charge on any atom is -0.298 e. The number of allylic oxidation sites excluding steroid dienone is 2. The summed E-state index contributed by atoms with van der Waals surface area (Å²) < 4.78 is 0. The van der Waals surface area contributed by atoms with Gasteiger partial charge in [0.15, 0.2) is 0 Å². The number of thioether (sulfide) groups is 4. The maximum atomic E-state index is 11.0. The second kappa shape index (κ2) is 10.1. The standard InChI is InChI=1S/C25H24O2S4/c1-17-23(21-7-3-19(11-26)4-8-21)30-15-25(13-28-17)14-29-18(2)24(31-16-25)22-9-5-20(12-27)6-10-22/h3-12H,13-16H2,1-2H3. The zero-order valence-corrected chi connectivity index (χ0v) is 20.8. The van der Waals surface area contributed by atoms with Gasteiger partial charge in [-0.15, -0.1) is 47.0 Å². The molecule has 2 aromatic rings. The van der Waals surface area contributed by atoms with Crippen LogP contribution < -0.4 is 0 Å². The molecule has 0 aliphatic carbocycles. The van der Waals surface area contributed by atoms with Gasteiger partial charge in [0.25, 0.3) is 0 Å². The summed E-state index contributed by atoms with van der Waals surface area (Å²) in [6.07, 6.45) is 1.79. The number of rotatable bonds is 4. The topological polar surface area (TPSA) is 34.1 Å². The zero-order chi connectivity index (χ0) is 21.8. The van der Waals surface area contributed by atoms with E-state index >= 15 is 0 Å². The number of hydrogen-bond donors (Lipinski definition) is 0. The lowest BCUT2D eigenvalue weighted by Crippen LogP contribution is -2.31. The van der Waals surface area contributed by atoms with Crippen molar-refractivity contribution in [3.63, 3.8) is 0 Å². The minimum absolute atomic E-state index is 0.252. The summed E-state index contributed by atoms with van der Waals surface area (Å²) in [4.78, 5) is 27.4. The molecule has 0 atom stereocenters. The molecule has 0 bridgehead atoms. The normalized spacial score (nSPS) is 19.2. The molecule has 0 saturated heterocycles. The highest BCUT2D eigenvalue weighted by atomic mass is 32.2. The third-order valence-electron chi connectivity index (χ3n) is 5.49. The number of aldehydes is 2. The molecule has 31 heavy (non-hydrogen) atoms. The molecule has 4 rings (SSSR count). The monoisotopic (exact) mass is 484 g/mol. The predicted octanol–water partition coefficient (Wildman–Crippen LogP) is 7.34. The number of benzene rings is 2. The molecule has 0 saturated carbocycles. The van der Waals surface area contributed by atoms with E-state index in [-0.39, 0.29) is 5.41 Å². The first kappa shape index (κ1) is 22.8. The van der Waals surface area contributed by atoms with Crippen molar-refractivity contribution >= 4 is 69.4 Å². The Morgan fingerprint density at radius 2 is 0.968 bits per heavy atom. The first-order valence-corrected chi connectivity index (χ1v) is 14.0. The fraction of sp³-hybridized carbons (Fsp3) is 0.280. The number of carbonyl (C=O) groups excluding carboxylic acids is 2. The molecule has 0 aromatic heterocycles. The maximum absolute atomic E-state index is 11.0. The van der Waals surface area contributed by atoms with Gasteiger partial charge < -0.3 is 0 Å². The van der Waals surface area contributed by atoms with Crippen LogP contribution in [0.2, 0.25) is 0 Å². The molecule has 2 nitrogen and oxygen atoms in total. The van der Waals surface area contributed by atoms with Gasteiger partial charge in [-0.05, 0) is 34.8 Å². The van der Waals surface area contributed by atoms with Crippen LogP contribution in [0.4, 0.5) is 0 Å². The zero-order valence-electron chi connectivity index (χ0n) is 17.6. The molecular weight excluding hydrogens is 461 g/mol. The molecule has 160 valence electrons. The third kappa shape index (κ3) is 5.19. The van der Waals surface area contributed by atoms with Crippen LogP contribution in [0.25, 0.3) is 9.81 Å². The van der Waals surface area contributed by atoms with Gasteiger partial charge >= 0.3 is 0 Å². The average Bonchev–Trinajstić information content (AvgIpc) is 3.08. The molecule has 0 radical (unpaired) electrons. The van der Waals surface area contributed by atoms with Crippen molar-refractivity contribution in [2.24, 2.45) is 5.41 Å². The predicted molar refractivity (Wildman–Crippen MR) is 141 cm³/mol. The van der Waals surface area contributed by atoms with Crippen LogP contribution in [-0.2, 0) is 0 Å². The Hall–Kier alpha value is -1.34. The van der Waals surface area contributed by atoms with Crippen LogP contribution >= 0.6 is 47.0 Å². The Kier molecular flexibility index (Phi) is 7.42. The van der Waals surface area contributed by atoms with Crippen molar-refractivity contribution in [2.75, 3.05) is 23.0 Å². The van der Waals surface area contributed by atoms with Crippen LogP contribution in [0.5, 0.6) is 0 Å². The van der Waals surface area contributed by atoms with Gasteiger partial charge in [0.2, 0.25) is 0 Å². The lowest BCUT2D eigenvalue weighted by Gasteiger charge is -2.30. The molecule has 0 unspecified atom stereocenters. The summed E-state index contributed by atoms with van der Waals surface area (Å²) in [5, 5.41) is 0. The number of carbonyl (C=O) groups is 2. The van der Waals surface area contributed by atoms with Crippen LogP contribution in [0.15, 0.2) is 58.3 Å². The van der Waals surface area contributed by atoms with Crippen molar-refractivity contribution in [1.29, 1.82) is 0 Å². The Labute approximate surface area is 201 Å². The fourth-order valence-electron chi connectivity index (χ4n) is 3.56. The van der Waals surface area contributed by atoms with Crippen molar-refractivity contribution < 1.29 is 9.59 Å². The molecular formula is C25H24O2S4. The molecule has 2 aliphatic heterocycles. The van der Waals surface area contributed by atoms with Crippen LogP contribution in [0.1, 0.15) is 45.7 Å². The minimum atomic E-state index is 0.252. The van der Waals surface area contributed by atoms with E-state index in [2.05, 4.69) is 38.1 Å². The van der Waals surface area contributed by atoms with Gasteiger partial charge in [-0.3, -0.25) is 9.59 Å². The van der Waals surface area contributed by atoms with E-state index in [9.17, 15) is 9.59 Å². The highest BCUT2D eigenvalue weighted by molar-refractivity contribution is 8.13. The van der Waals surface area contributed by atoms with Gasteiger partial charge in [-0.25, -0.2) is 0 Å². The fourth-order valence-corrected chi connectivity index (χ4v) is 9.72. The van der Waals surface area contributed by atoms with Gasteiger partial charge in [0, 0.05) is 49.4 Å². The van der Waals surface area contributed by atoms with Gasteiger partial charge in [-0.1, -0.05) is 48.5 Å². The van der Waals surface area contributed by atoms with E-state index in [4.69, 9.17) is 0 Å². The Bertz CT molecular complexity index is 951. The van der Waals surface area contributed by atoms with Crippen LogP contribution in [0.3, 0.4) is 0 Å². The highest BCUT2D eigenvalue weighted by Gasteiger charge is 2.36. The Balaban J connectivity index is 1.50. The smallest absolute Gasteiger partial charge is 0.150 e. The Morgan fingerprint density at radius 1 is 0.613 bits per heavy atom. The van der Waals surface area contributed by atoms with Crippen LogP contribution in [-0.4, -0.2) is 35.6 Å². The van der Waals surface area contributed by atoms with E-state index in [1.165, 1.54) is 30.7 Å². The molecule has 2 aliphatic rings. The average molecular weight is 485 g/mol. The summed E-state index contributed by atoms with van der Waals surface area (Å²) >= 11 is 7.88. The van der Waals surface area contributed by atoms with E-state index in [0.29, 0.717) is 0 Å². The third-order valence-corrected chi connectivity index (χ3v) is 11.7. The summed E-state index contributed by atoms with van der Waals surface area (Å²) in [6, 6.07) is 15.9. The first-order chi connectivity index (χ1) is 15.0. The molecule has 0 N–H and O–H groups in total. The quantitative estimate of drug-likeness (QED) is 0.423. The summed E-state index contributed by atoms with van der Waals surface area (Å²) in [5.41, 5.74) is 4.10. The largest absolute Gasteiger partial charge is 0.298 e. The summed E-state index contributed by atoms with van der Waals surface area (Å²) in [5.74, 6) is 4.41. The van der Waals surface area contributed by atoms with Crippen molar-refractivity contribution in [3.8, 4) is 0 Å². The molecule has 2 aromatic carbocycles. The lowest BCUT2D eigenvalue weighted by molar-refractivity contribution is 0.111. The van der Waals surface area contributed by atoms with E-state index in [0.717, 1.165) is 46.7 Å². The molecule has 6 heteroatoms. The van der Waals surface area contributed by atoms with Gasteiger partial charge in [-0.2, -0.15) is 0 Å². The van der Waals surface area contributed by atoms with Crippen molar-refractivity contribution in [3.05, 3.63) is 80.6 Å². The second-order valence-corrected chi connectivity index (χ2v) is 12.3. The second-order valence-electron chi connectivity index (χ2n) is 7.91. The highest BCUT2D eigenvalue weighted by Crippen LogP contribution is 2.52. The van der Waals surface area contributed by atoms with Crippen LogP contribution in [0, 0.1) is 5.41 Å². The maximum Gasteiger partial charge on any atom is 0.150 e. The molecule has 2 heterocycles. The van der Waals surface area contributed by atoms with E-state index in [1.54, 1.807) is 0 Å². The lowest BCUT2D eigenvalue weighted by atomic mass is 9.99. The molecule has 0 fully saturated rings. The van der Waals surface area contributed by atoms with Gasteiger partial charge in [0.1, 0.15) is 12.6 Å². The SMILES string of the molecule is CC1=C(c2ccc(C=O)cc2)SCC2(CS1)CSC(C)=C(c1ccc(C=O)cc1)SC2. The first-order valence-electron chi connectivity index (χ1n) is 10.1. The van der Waals surface area contributed by atoms with Crippen molar-refractivity contribution in [2.45, 2.75) is 13.8 Å². The summed E-state index contributed by atoms with van der Waals surface area (Å²) in [7, 11) is 0.